The second-order valence-electron chi connectivity index (χ2n) is 9.73. The highest BCUT2D eigenvalue weighted by Gasteiger charge is 2.36. The standard InChI is InChI=1S/C26H37NO2S2.117H2/c1-16(2)22-18(4)15-30-24(22)21(23-17(3)13-19(5)31-23)9-8-12-27-14-20(25(28)29)10-11-26(27,6)7;;;;;;;;;;;;;;;;;;;;;;;;;;;;;;;;;;;;;;;;;;;;;;;;;;;;;;;;;;;;;;;;;;;;;;;;;;;;;;;;;;;;;;;;;;;;;;;;;;;;;;;;;;;;;;;;;;;;;/h9,13,15-16,20H,8,10-12,14H2,1-7H3,(H,28,29);117*1H/b21-9-;;;;;;;;;;;;;;;;;;;;;;;;;;;;;;;;;;;;;;;;;;;;;;;;;;;;;;;;;;;;;;;;;;;;;;;;;;;;;;;;;;;;;;;;;;;;;;;;;;;;;;;;;;;;;;;;;;;;;/t20-;;;;;;;;;;;;;;;;;;;;;;;;;;;;;;;;;;;;;;;;;;;;;;;;;;;;;;;;;;;;;;;;;;;;;;;;;;;;;;;;;;;;;;;;;;;;;;;;;;;;;;;;;;;;;;;;;;;;;/m1...................................................................................................................../s1/i16D;3*1+1D;;;;;;;;;;;;;;;;;;;;;;;;;;;;;;;;;;;;;;;;;;;;;;;;;;;;;;;;;;;;;;;;;;;;;;;;;;;;;;;;;;;;;;;;;;;;;;;;;;;;;;;;;;;;;;;;;;. The molecule has 1 fully saturated rings. The molecule has 2 aromatic heterocycles. The topological polar surface area (TPSA) is 40.5 Å². The largest absolute Gasteiger partial charge is 0.481 e. The number of carbonyl (C=O) groups is 1. The SMILES string of the molecule is [2H]C(C)(C)c1c(C)csc1/C(=C\CCN1C[C@H](C(=O)O)CCC1(C)C)c1sc(C)cc1C.[2H][2H].[2H][2H].[2H][2H].[HH].[HH].[HH].[HH].[HH].[HH].[HH].[HH].[HH].[HH].[HH].[HH].[HH].[HH].[HH].[HH].[HH].[HH].[HH].[HH].[HH].[HH].[HH].[HH].[HH].[HH].[HH].[HH].[HH].[HH].[HH].[HH].[HH].[HH].[HH].[HH].[HH].[HH].[HH].[HH].[HH].[HH].[HH].[HH].[HH].[HH].[HH].[HH].[HH].[HH].[HH].[HH].[HH].[HH].[HH].[HH].[HH].[HH].[HH].[HH].[HH].[HH].[HH].[HH].[HH].[HH].[HH].[HH].[HH].[HH].[HH].[HH].[HH].[HH].[HH].[HH].[HH].[HH].[HH].[HH].[HH].[HH].[HH].[HH].[HH].[HH].[HH].[HH].[HH].[HH].[HH].[HH].[HH].[HH].[HH].[HH].[HH].[HH].[HH].[HH].[HH].[HH].[HH].[HH].[HH].[HH].[HH].[HH].[HH].[HH].[HH].[HH].[HH].[HH]. The van der Waals surface area contributed by atoms with Gasteiger partial charge in [0, 0.05) is 212 Å². The van der Waals surface area contributed by atoms with Crippen molar-refractivity contribution in [2.45, 2.75) is 79.2 Å². The lowest BCUT2D eigenvalue weighted by Gasteiger charge is -2.44. The zero-order valence-corrected chi connectivity index (χ0v) is 21.6. The number of aliphatic carboxylic acids is 1. The average molecular weight is 703 g/mol. The van der Waals surface area contributed by atoms with Gasteiger partial charge in [-0.2, -0.15) is 0 Å². The maximum absolute atomic E-state index is 11.6. The van der Waals surface area contributed by atoms with Crippen molar-refractivity contribution in [2.75, 3.05) is 13.1 Å². The molecule has 31 heavy (non-hydrogen) atoms. The van der Waals surface area contributed by atoms with Crippen molar-refractivity contribution in [3.63, 3.8) is 0 Å². The van der Waals surface area contributed by atoms with Gasteiger partial charge in [0.2, 0.25) is 0 Å². The number of nitrogens with zero attached hydrogens (tertiary/aromatic N) is 1. The zero-order chi connectivity index (χ0) is 29.8. The minimum atomic E-state index is -0.678. The van der Waals surface area contributed by atoms with E-state index in [0.29, 0.717) is 6.54 Å². The van der Waals surface area contributed by atoms with Gasteiger partial charge < -0.3 is 5.11 Å². The molecule has 1 N–H and O–H groups in total. The summed E-state index contributed by atoms with van der Waals surface area (Å²) in [4.78, 5) is 17.7. The lowest BCUT2D eigenvalue weighted by molar-refractivity contribution is -0.145. The molecule has 0 amide bonds. The Kier molecular flexibility index (Phi) is 5.91. The summed E-state index contributed by atoms with van der Waals surface area (Å²) in [5, 5.41) is 11.7. The van der Waals surface area contributed by atoms with Crippen LogP contribution in [0.3, 0.4) is 0 Å². The first-order chi connectivity index (χ1) is 17.8. The molecule has 0 bridgehead atoms. The lowest BCUT2D eigenvalue weighted by Crippen LogP contribution is -2.52. The van der Waals surface area contributed by atoms with Crippen LogP contribution in [0.5, 0.6) is 0 Å². The number of thiophene rings is 2. The molecule has 0 saturated carbocycles. The van der Waals surface area contributed by atoms with Gasteiger partial charge in [-0.05, 0) is 87.9 Å². The number of likely N-dealkylation sites (tertiary alicyclic amines) is 1. The maximum atomic E-state index is 11.6. The van der Waals surface area contributed by atoms with Crippen molar-refractivity contribution >= 4 is 34.2 Å². The number of rotatable bonds is 7. The van der Waals surface area contributed by atoms with Crippen LogP contribution in [0.4, 0.5) is 0 Å². The summed E-state index contributed by atoms with van der Waals surface area (Å²) in [6.45, 7) is 16.3. The molecule has 1 atom stereocenters. The first-order valence-electron chi connectivity index (χ1n) is 14.7. The maximum Gasteiger partial charge on any atom is 0.307 e. The molecular weight excluding hydrogens is 422 g/mol. The third-order valence-corrected chi connectivity index (χ3v) is 8.82. The van der Waals surface area contributed by atoms with Crippen LogP contribution in [0, 0.1) is 26.7 Å². The Balaban J connectivity index is -0.000000000993. The Bertz CT molecular complexity index is 1110. The third kappa shape index (κ3) is 5.32. The van der Waals surface area contributed by atoms with Crippen LogP contribution in [0.25, 0.3) is 5.57 Å². The molecule has 0 aromatic carbocycles. The van der Waals surface area contributed by atoms with Crippen LogP contribution in [0.15, 0.2) is 17.5 Å². The van der Waals surface area contributed by atoms with Gasteiger partial charge >= 0.3 is 5.97 Å². The predicted molar refractivity (Wildman–Crippen MR) is 382 cm³/mol. The van der Waals surface area contributed by atoms with Gasteiger partial charge in [-0.1, -0.05) is 19.9 Å². The summed E-state index contributed by atoms with van der Waals surface area (Å²) in [5.41, 5.74) is 4.83. The van der Waals surface area contributed by atoms with Crippen LogP contribution >= 0.6 is 22.7 Å². The first-order valence-corrected chi connectivity index (χ1v) is 12.8. The number of hydrogen-bond acceptors (Lipinski definition) is 4. The number of aryl methyl sites for hydroxylation is 3. The fourth-order valence-electron chi connectivity index (χ4n) is 4.71. The summed E-state index contributed by atoms with van der Waals surface area (Å²) in [7, 11) is 0. The lowest BCUT2D eigenvalue weighted by atomic mass is 9.84. The van der Waals surface area contributed by atoms with E-state index in [1.54, 1.807) is 11.3 Å². The smallest absolute Gasteiger partial charge is 0.307 e. The molecule has 0 radical (unpaired) electrons. The summed E-state index contributed by atoms with van der Waals surface area (Å²) in [5.74, 6) is -1.62. The van der Waals surface area contributed by atoms with E-state index >= 15 is 0 Å². The summed E-state index contributed by atoms with van der Waals surface area (Å²) in [6, 6.07) is 2.24. The Labute approximate surface area is 375 Å². The summed E-state index contributed by atoms with van der Waals surface area (Å²) >= 11 is 3.56. The molecule has 404 valence electrons. The second-order valence-corrected chi connectivity index (χ2v) is 11.9. The van der Waals surface area contributed by atoms with E-state index in [1.807, 2.05) is 25.2 Å². The molecule has 0 aliphatic carbocycles. The molecule has 1 saturated heterocycles. The molecule has 3 heterocycles. The fraction of sp³-hybridized carbons (Fsp3) is 0.577. The van der Waals surface area contributed by atoms with Crippen molar-refractivity contribution in [1.29, 1.82) is 0 Å². The second kappa shape index (κ2) is 9.60. The van der Waals surface area contributed by atoms with Gasteiger partial charge in [-0.3, -0.25) is 9.69 Å². The van der Waals surface area contributed by atoms with Crippen LogP contribution < -0.4 is 0 Å². The van der Waals surface area contributed by atoms with Gasteiger partial charge in [-0.15, -0.1) is 22.7 Å². The van der Waals surface area contributed by atoms with Crippen molar-refractivity contribution in [3.8, 4) is 0 Å². The number of carboxylic acids is 1. The van der Waals surface area contributed by atoms with Crippen LogP contribution in [0.2, 0.25) is 0 Å². The minimum absolute atomic E-state index is 0. The third-order valence-electron chi connectivity index (χ3n) is 6.50. The van der Waals surface area contributed by atoms with Crippen LogP contribution in [0.1, 0.15) is 257 Å². The quantitative estimate of drug-likeness (QED) is 0.312. The Morgan fingerprint density at radius 1 is 1.42 bits per heavy atom. The molecule has 3 rings (SSSR count). The Morgan fingerprint density at radius 2 is 2.13 bits per heavy atom. The van der Waals surface area contributed by atoms with Gasteiger partial charge in [0.1, 0.15) is 0 Å². The van der Waals surface area contributed by atoms with Crippen molar-refractivity contribution in [2.24, 2.45) is 5.92 Å². The number of piperidine rings is 1. The van der Waals surface area contributed by atoms with E-state index in [4.69, 9.17) is 10.3 Å². The number of hydrogen-bond donors (Lipinski definition) is 1. The highest BCUT2D eigenvalue weighted by Crippen LogP contribution is 2.41. The normalized spacial score (nSPS) is 21.5. The average Bonchev–Trinajstić information content (AvgIpc) is 3.42. The molecule has 1 aliphatic rings. The van der Waals surface area contributed by atoms with E-state index in [1.165, 1.54) is 31.3 Å². The van der Waals surface area contributed by atoms with Gasteiger partial charge in [-0.25, -0.2) is 0 Å². The van der Waals surface area contributed by atoms with E-state index in [0.717, 1.165) is 31.4 Å². The van der Waals surface area contributed by atoms with E-state index in [2.05, 4.69) is 57.0 Å². The number of carboxylic acid groups (broad SMARTS) is 1. The van der Waals surface area contributed by atoms with E-state index in [9.17, 15) is 9.90 Å². The van der Waals surface area contributed by atoms with Gasteiger partial charge in [0.05, 0.1) is 5.92 Å². The fourth-order valence-corrected chi connectivity index (χ4v) is 7.06. The molecule has 3 nitrogen and oxygen atoms in total. The van der Waals surface area contributed by atoms with Gasteiger partial charge in [0.25, 0.3) is 0 Å². The highest BCUT2D eigenvalue weighted by atomic mass is 32.1. The molecular formula is C26H271NO2S2. The summed E-state index contributed by atoms with van der Waals surface area (Å²) in [6.07, 6.45) is 4.85. The minimum Gasteiger partial charge on any atom is -0.481 e. The zero-order valence-electron chi connectivity index (χ0n) is 27.0. The monoisotopic (exact) mass is 702 g/mol. The van der Waals surface area contributed by atoms with Crippen LogP contribution in [-0.4, -0.2) is 34.6 Å². The highest BCUT2D eigenvalue weighted by molar-refractivity contribution is 7.15. The molecule has 2 aromatic rings. The van der Waals surface area contributed by atoms with E-state index in [-0.39, 0.29) is 174 Å². The Morgan fingerprint density at radius 3 is 2.71 bits per heavy atom. The van der Waals surface area contributed by atoms with Crippen LogP contribution in [-0.2, 0) is 4.79 Å². The molecule has 0 unspecified atom stereocenters. The first kappa shape index (κ1) is 19.1. The van der Waals surface area contributed by atoms with Gasteiger partial charge in [0.15, 0.2) is 0 Å². The molecule has 5 heteroatoms. The van der Waals surface area contributed by atoms with Crippen molar-refractivity contribution in [1.82, 2.24) is 4.90 Å². The molecule has 1 aliphatic heterocycles. The van der Waals surface area contributed by atoms with E-state index < -0.39 is 11.9 Å². The molecule has 0 spiro atoms. The Hall–Kier alpha value is -1.43. The summed E-state index contributed by atoms with van der Waals surface area (Å²) < 4.78 is 38.8. The van der Waals surface area contributed by atoms with Crippen molar-refractivity contribution in [3.05, 3.63) is 48.8 Å². The van der Waals surface area contributed by atoms with Crippen molar-refractivity contribution < 1.29 is 183 Å². The predicted octanol–water partition coefficient (Wildman–Crippen LogP) is 36.0.